The summed E-state index contributed by atoms with van der Waals surface area (Å²) in [5, 5.41) is 1.33. The molecule has 0 saturated heterocycles. The Balaban J connectivity index is 1.95. The van der Waals surface area contributed by atoms with Crippen LogP contribution in [-0.2, 0) is 6.42 Å². The smallest absolute Gasteiger partial charge is 0.0453 e. The van der Waals surface area contributed by atoms with E-state index in [9.17, 15) is 0 Å². The minimum Gasteiger partial charge on any atom is -0.271 e. The van der Waals surface area contributed by atoms with Crippen LogP contribution in [-0.4, -0.2) is 11.8 Å². The van der Waals surface area contributed by atoms with Crippen LogP contribution in [0.4, 0.5) is 0 Å². The van der Waals surface area contributed by atoms with Gasteiger partial charge in [-0.15, -0.1) is 11.8 Å². The van der Waals surface area contributed by atoms with Gasteiger partial charge in [-0.3, -0.25) is 11.3 Å². The molecule has 0 fully saturated rings. The van der Waals surface area contributed by atoms with Gasteiger partial charge in [-0.2, -0.15) is 0 Å². The van der Waals surface area contributed by atoms with E-state index in [-0.39, 0.29) is 6.04 Å². The van der Waals surface area contributed by atoms with Gasteiger partial charge in [0, 0.05) is 26.7 Å². The van der Waals surface area contributed by atoms with Crippen molar-refractivity contribution in [2.45, 2.75) is 24.3 Å². The highest BCUT2D eigenvalue weighted by Gasteiger charge is 2.11. The van der Waals surface area contributed by atoms with Crippen molar-refractivity contribution < 1.29 is 0 Å². The zero-order valence-electron chi connectivity index (χ0n) is 11.8. The Morgan fingerprint density at radius 2 is 1.86 bits per heavy atom. The number of rotatable bonds is 6. The molecule has 1 unspecified atom stereocenters. The lowest BCUT2D eigenvalue weighted by atomic mass is 10.1. The van der Waals surface area contributed by atoms with E-state index in [4.69, 9.17) is 29.0 Å². The maximum Gasteiger partial charge on any atom is 0.0453 e. The summed E-state index contributed by atoms with van der Waals surface area (Å²) in [5.74, 6) is 6.53. The predicted molar refractivity (Wildman–Crippen MR) is 93.2 cm³/mol. The van der Waals surface area contributed by atoms with E-state index >= 15 is 0 Å². The third-order valence-electron chi connectivity index (χ3n) is 3.19. The van der Waals surface area contributed by atoms with E-state index < -0.39 is 0 Å². The minimum atomic E-state index is 0.148. The molecule has 0 aromatic heterocycles. The van der Waals surface area contributed by atoms with Crippen LogP contribution in [0.2, 0.25) is 10.0 Å². The van der Waals surface area contributed by atoms with Crippen molar-refractivity contribution >= 4 is 35.0 Å². The third kappa shape index (κ3) is 5.20. The molecule has 112 valence electrons. The number of thioether (sulfide) groups is 1. The maximum atomic E-state index is 6.21. The number of hydrogen-bond donors (Lipinski definition) is 2. The van der Waals surface area contributed by atoms with Gasteiger partial charge in [-0.1, -0.05) is 47.0 Å². The Morgan fingerprint density at radius 1 is 1.14 bits per heavy atom. The van der Waals surface area contributed by atoms with E-state index in [1.54, 1.807) is 17.8 Å². The second kappa shape index (κ2) is 8.06. The molecular weight excluding hydrogens is 323 g/mol. The van der Waals surface area contributed by atoms with Crippen molar-refractivity contribution in [3.05, 3.63) is 63.6 Å². The first-order valence-corrected chi connectivity index (χ1v) is 8.42. The van der Waals surface area contributed by atoms with E-state index in [0.29, 0.717) is 10.0 Å². The van der Waals surface area contributed by atoms with Crippen molar-refractivity contribution in [2.75, 3.05) is 5.75 Å². The van der Waals surface area contributed by atoms with Crippen LogP contribution in [0.5, 0.6) is 0 Å². The monoisotopic (exact) mass is 340 g/mol. The fraction of sp³-hybridized carbons (Fsp3) is 0.250. The van der Waals surface area contributed by atoms with Gasteiger partial charge < -0.3 is 0 Å². The molecule has 1 atom stereocenters. The van der Waals surface area contributed by atoms with Crippen LogP contribution in [0.15, 0.2) is 47.4 Å². The largest absolute Gasteiger partial charge is 0.271 e. The van der Waals surface area contributed by atoms with Gasteiger partial charge in [-0.25, -0.2) is 0 Å². The minimum absolute atomic E-state index is 0.148. The first kappa shape index (κ1) is 16.7. The van der Waals surface area contributed by atoms with Gasteiger partial charge in [0.05, 0.1) is 0 Å². The van der Waals surface area contributed by atoms with Crippen LogP contribution in [0.3, 0.4) is 0 Å². The maximum absolute atomic E-state index is 6.21. The second-order valence-electron chi connectivity index (χ2n) is 4.93. The van der Waals surface area contributed by atoms with Crippen LogP contribution < -0.4 is 11.3 Å². The molecule has 0 heterocycles. The van der Waals surface area contributed by atoms with Crippen molar-refractivity contribution in [1.29, 1.82) is 0 Å². The molecule has 0 bridgehead atoms. The zero-order valence-corrected chi connectivity index (χ0v) is 14.1. The summed E-state index contributed by atoms with van der Waals surface area (Å²) in [5.41, 5.74) is 5.18. The highest BCUT2D eigenvalue weighted by atomic mass is 35.5. The molecule has 0 amide bonds. The Hall–Kier alpha value is -0.710. The number of hydrazine groups is 1. The Morgan fingerprint density at radius 3 is 2.48 bits per heavy atom. The highest BCUT2D eigenvalue weighted by molar-refractivity contribution is 7.99. The van der Waals surface area contributed by atoms with Gasteiger partial charge in [0.25, 0.3) is 0 Å². The molecule has 2 nitrogen and oxygen atoms in total. The third-order valence-corrected chi connectivity index (χ3v) is 4.95. The average Bonchev–Trinajstić information content (AvgIpc) is 2.47. The Kier molecular flexibility index (Phi) is 6.40. The molecule has 0 radical (unpaired) electrons. The van der Waals surface area contributed by atoms with Crippen molar-refractivity contribution in [2.24, 2.45) is 5.84 Å². The normalized spacial score (nSPS) is 12.4. The topological polar surface area (TPSA) is 38.0 Å². The number of aryl methyl sites for hydroxylation is 1. The molecule has 2 aromatic carbocycles. The molecule has 0 spiro atoms. The first-order valence-electron chi connectivity index (χ1n) is 6.68. The van der Waals surface area contributed by atoms with Gasteiger partial charge in [-0.05, 0) is 43.2 Å². The van der Waals surface area contributed by atoms with E-state index in [1.807, 2.05) is 12.1 Å². The van der Waals surface area contributed by atoms with Crippen LogP contribution in [0.1, 0.15) is 11.1 Å². The molecule has 5 heteroatoms. The summed E-state index contributed by atoms with van der Waals surface area (Å²) in [6, 6.07) is 14.2. The summed E-state index contributed by atoms with van der Waals surface area (Å²) in [6.07, 6.45) is 0.769. The quantitative estimate of drug-likeness (QED) is 0.463. The lowest BCUT2D eigenvalue weighted by molar-refractivity contribution is 0.575. The zero-order chi connectivity index (χ0) is 15.2. The number of nitrogens with two attached hydrogens (primary N) is 1. The fourth-order valence-corrected chi connectivity index (χ4v) is 3.37. The molecule has 2 aromatic rings. The summed E-state index contributed by atoms with van der Waals surface area (Å²) < 4.78 is 0. The summed E-state index contributed by atoms with van der Waals surface area (Å²) in [4.78, 5) is 1.24. The summed E-state index contributed by atoms with van der Waals surface area (Å²) >= 11 is 13.9. The lowest BCUT2D eigenvalue weighted by Gasteiger charge is -2.16. The van der Waals surface area contributed by atoms with Gasteiger partial charge in [0.1, 0.15) is 0 Å². The van der Waals surface area contributed by atoms with E-state index in [0.717, 1.165) is 17.7 Å². The number of halogens is 2. The molecule has 0 aliphatic heterocycles. The number of hydrogen-bond acceptors (Lipinski definition) is 3. The molecule has 0 aliphatic rings. The van der Waals surface area contributed by atoms with Crippen LogP contribution in [0, 0.1) is 6.92 Å². The first-order chi connectivity index (χ1) is 10.1. The fourth-order valence-electron chi connectivity index (χ4n) is 1.95. The Bertz CT molecular complexity index is 587. The summed E-state index contributed by atoms with van der Waals surface area (Å²) in [6.45, 7) is 2.08. The van der Waals surface area contributed by atoms with E-state index in [2.05, 4.69) is 36.6 Å². The standard InChI is InChI=1S/C16H18Cl2N2S/c1-11-2-6-15(7-3-11)21-10-14(20-19)8-12-4-5-13(17)9-16(12)18/h2-7,9,14,20H,8,10,19H2,1H3. The SMILES string of the molecule is Cc1ccc(SCC(Cc2ccc(Cl)cc2Cl)NN)cc1. The number of nitrogens with one attached hydrogen (secondary N) is 1. The van der Waals surface area contributed by atoms with Gasteiger partial charge in [0.2, 0.25) is 0 Å². The average molecular weight is 341 g/mol. The van der Waals surface area contributed by atoms with Gasteiger partial charge in [0.15, 0.2) is 0 Å². The molecule has 2 rings (SSSR count). The van der Waals surface area contributed by atoms with Gasteiger partial charge >= 0.3 is 0 Å². The summed E-state index contributed by atoms with van der Waals surface area (Å²) in [7, 11) is 0. The second-order valence-corrected chi connectivity index (χ2v) is 6.86. The van der Waals surface area contributed by atoms with Crippen molar-refractivity contribution in [3.63, 3.8) is 0 Å². The lowest BCUT2D eigenvalue weighted by Crippen LogP contribution is -2.38. The van der Waals surface area contributed by atoms with Crippen LogP contribution in [0.25, 0.3) is 0 Å². The molecule has 21 heavy (non-hydrogen) atoms. The predicted octanol–water partition coefficient (Wildman–Crippen LogP) is 4.47. The number of benzene rings is 2. The highest BCUT2D eigenvalue weighted by Crippen LogP contribution is 2.24. The van der Waals surface area contributed by atoms with Crippen molar-refractivity contribution in [3.8, 4) is 0 Å². The van der Waals surface area contributed by atoms with Crippen LogP contribution >= 0.6 is 35.0 Å². The van der Waals surface area contributed by atoms with E-state index in [1.165, 1.54) is 10.5 Å². The molecule has 3 N–H and O–H groups in total. The molecule has 0 aliphatic carbocycles. The Labute approximate surface area is 140 Å². The molecule has 0 saturated carbocycles. The van der Waals surface area contributed by atoms with Crippen molar-refractivity contribution in [1.82, 2.24) is 5.43 Å². The molecular formula is C16H18Cl2N2S.